The standard InChI is InChI=1S/C18H23N5O/c1-11-7-16(20-18(19-11)12-3-2-4-12)23-8-13(9-23)17-14-10-24-6-5-15(14)21-22-17/h7,12-13H,2-6,8-10H2,1H3,(H,21,22). The lowest BCUT2D eigenvalue weighted by Gasteiger charge is -2.40. The molecule has 1 saturated heterocycles. The van der Waals surface area contributed by atoms with E-state index in [4.69, 9.17) is 9.72 Å². The highest BCUT2D eigenvalue weighted by Gasteiger charge is 2.35. The molecule has 0 spiro atoms. The predicted octanol–water partition coefficient (Wildman–Crippen LogP) is 2.45. The Morgan fingerprint density at radius 1 is 1.21 bits per heavy atom. The van der Waals surface area contributed by atoms with Gasteiger partial charge in [0.15, 0.2) is 0 Å². The van der Waals surface area contributed by atoms with Crippen molar-refractivity contribution in [2.24, 2.45) is 0 Å². The molecule has 2 aliphatic heterocycles. The minimum atomic E-state index is 0.481. The quantitative estimate of drug-likeness (QED) is 0.939. The number of anilines is 1. The molecule has 2 aromatic heterocycles. The van der Waals surface area contributed by atoms with Crippen LogP contribution in [0, 0.1) is 6.92 Å². The van der Waals surface area contributed by atoms with Gasteiger partial charge in [-0.3, -0.25) is 5.10 Å². The number of nitrogens with one attached hydrogen (secondary N) is 1. The van der Waals surface area contributed by atoms with Gasteiger partial charge in [-0.15, -0.1) is 0 Å². The van der Waals surface area contributed by atoms with Crippen LogP contribution in [-0.2, 0) is 17.8 Å². The molecule has 3 aliphatic rings. The largest absolute Gasteiger partial charge is 0.376 e. The van der Waals surface area contributed by atoms with Crippen LogP contribution < -0.4 is 4.90 Å². The third-order valence-electron chi connectivity index (χ3n) is 5.65. The molecule has 0 atom stereocenters. The molecular formula is C18H23N5O. The third kappa shape index (κ3) is 2.32. The number of aryl methyl sites for hydroxylation is 1. The monoisotopic (exact) mass is 325 g/mol. The number of fused-ring (bicyclic) bond motifs is 1. The van der Waals surface area contributed by atoms with Crippen LogP contribution in [0.2, 0.25) is 0 Å². The summed E-state index contributed by atoms with van der Waals surface area (Å²) < 4.78 is 5.61. The highest BCUT2D eigenvalue weighted by molar-refractivity contribution is 5.46. The molecule has 0 bridgehead atoms. The molecule has 0 radical (unpaired) electrons. The Balaban J connectivity index is 1.33. The number of hydrogen-bond donors (Lipinski definition) is 1. The van der Waals surface area contributed by atoms with E-state index in [9.17, 15) is 0 Å². The molecule has 0 aromatic carbocycles. The highest BCUT2D eigenvalue weighted by Crippen LogP contribution is 2.37. The SMILES string of the molecule is Cc1cc(N2CC(c3n[nH]c4c3COCC4)C2)nc(C2CCC2)n1. The van der Waals surface area contributed by atoms with Crippen molar-refractivity contribution in [3.05, 3.63) is 34.5 Å². The summed E-state index contributed by atoms with van der Waals surface area (Å²) in [5, 5.41) is 7.77. The maximum Gasteiger partial charge on any atom is 0.134 e. The average molecular weight is 325 g/mol. The van der Waals surface area contributed by atoms with Crippen LogP contribution >= 0.6 is 0 Å². The van der Waals surface area contributed by atoms with Crippen molar-refractivity contribution in [3.63, 3.8) is 0 Å². The fourth-order valence-electron chi connectivity index (χ4n) is 3.90. The molecule has 24 heavy (non-hydrogen) atoms. The second kappa shape index (κ2) is 5.55. The topological polar surface area (TPSA) is 66.9 Å². The maximum absolute atomic E-state index is 5.61. The number of hydrogen-bond acceptors (Lipinski definition) is 5. The van der Waals surface area contributed by atoms with Gasteiger partial charge in [-0.2, -0.15) is 5.10 Å². The highest BCUT2D eigenvalue weighted by atomic mass is 16.5. The number of aromatic nitrogens is 4. The van der Waals surface area contributed by atoms with Gasteiger partial charge < -0.3 is 9.64 Å². The molecule has 0 amide bonds. The number of nitrogens with zero attached hydrogens (tertiary/aromatic N) is 4. The van der Waals surface area contributed by atoms with Gasteiger partial charge in [0.2, 0.25) is 0 Å². The lowest BCUT2D eigenvalue weighted by atomic mass is 9.85. The normalized spacial score (nSPS) is 21.3. The Morgan fingerprint density at radius 2 is 2.08 bits per heavy atom. The molecule has 0 unspecified atom stereocenters. The molecule has 1 N–H and O–H groups in total. The summed E-state index contributed by atoms with van der Waals surface area (Å²) in [6.07, 6.45) is 4.75. The zero-order valence-corrected chi connectivity index (χ0v) is 14.1. The number of aromatic amines is 1. The fourth-order valence-corrected chi connectivity index (χ4v) is 3.90. The summed E-state index contributed by atoms with van der Waals surface area (Å²) in [6.45, 7) is 5.55. The molecule has 1 aliphatic carbocycles. The molecular weight excluding hydrogens is 302 g/mol. The Bertz CT molecular complexity index is 761. The van der Waals surface area contributed by atoms with E-state index in [1.54, 1.807) is 0 Å². The first-order valence-electron chi connectivity index (χ1n) is 9.02. The van der Waals surface area contributed by atoms with Crippen LogP contribution in [0.3, 0.4) is 0 Å². The Hall–Kier alpha value is -1.95. The van der Waals surface area contributed by atoms with Crippen molar-refractivity contribution in [1.29, 1.82) is 0 Å². The average Bonchev–Trinajstić information content (AvgIpc) is 2.88. The number of rotatable bonds is 3. The first-order chi connectivity index (χ1) is 11.8. The summed E-state index contributed by atoms with van der Waals surface area (Å²) >= 11 is 0. The Kier molecular flexibility index (Phi) is 3.33. The van der Waals surface area contributed by atoms with Crippen LogP contribution in [0.25, 0.3) is 0 Å². The van der Waals surface area contributed by atoms with Gasteiger partial charge in [-0.1, -0.05) is 6.42 Å². The number of H-pyrrole nitrogens is 1. The van der Waals surface area contributed by atoms with Crippen LogP contribution in [0.1, 0.15) is 59.6 Å². The van der Waals surface area contributed by atoms with Crippen molar-refractivity contribution >= 4 is 5.82 Å². The van der Waals surface area contributed by atoms with E-state index in [1.165, 1.54) is 36.2 Å². The van der Waals surface area contributed by atoms with Crippen molar-refractivity contribution in [1.82, 2.24) is 20.2 Å². The molecule has 2 aromatic rings. The zero-order valence-electron chi connectivity index (χ0n) is 14.1. The molecule has 4 heterocycles. The summed E-state index contributed by atoms with van der Waals surface area (Å²) in [4.78, 5) is 11.8. The maximum atomic E-state index is 5.61. The Morgan fingerprint density at radius 3 is 2.88 bits per heavy atom. The van der Waals surface area contributed by atoms with E-state index in [-0.39, 0.29) is 0 Å². The molecule has 5 rings (SSSR count). The molecule has 6 nitrogen and oxygen atoms in total. The van der Waals surface area contributed by atoms with Gasteiger partial charge in [0.25, 0.3) is 0 Å². The fraction of sp³-hybridized carbons (Fsp3) is 0.611. The predicted molar refractivity (Wildman–Crippen MR) is 90.3 cm³/mol. The summed E-state index contributed by atoms with van der Waals surface area (Å²) in [7, 11) is 0. The Labute approximate surface area is 141 Å². The van der Waals surface area contributed by atoms with E-state index in [1.807, 2.05) is 0 Å². The molecule has 126 valence electrons. The summed E-state index contributed by atoms with van der Waals surface area (Å²) in [6, 6.07) is 2.11. The van der Waals surface area contributed by atoms with E-state index in [2.05, 4.69) is 33.1 Å². The summed E-state index contributed by atoms with van der Waals surface area (Å²) in [5.74, 6) is 3.19. The second-order valence-corrected chi connectivity index (χ2v) is 7.32. The van der Waals surface area contributed by atoms with E-state index in [0.717, 1.165) is 43.5 Å². The van der Waals surface area contributed by atoms with Crippen molar-refractivity contribution in [2.45, 2.75) is 51.0 Å². The lowest BCUT2D eigenvalue weighted by molar-refractivity contribution is 0.109. The lowest BCUT2D eigenvalue weighted by Crippen LogP contribution is -2.46. The van der Waals surface area contributed by atoms with Gasteiger partial charge in [0.05, 0.1) is 18.9 Å². The minimum Gasteiger partial charge on any atom is -0.376 e. The van der Waals surface area contributed by atoms with Crippen molar-refractivity contribution in [3.8, 4) is 0 Å². The van der Waals surface area contributed by atoms with Gasteiger partial charge in [0.1, 0.15) is 11.6 Å². The van der Waals surface area contributed by atoms with Crippen molar-refractivity contribution < 1.29 is 4.74 Å². The molecule has 2 fully saturated rings. The van der Waals surface area contributed by atoms with Crippen LogP contribution in [-0.4, -0.2) is 39.9 Å². The van der Waals surface area contributed by atoms with Gasteiger partial charge in [-0.25, -0.2) is 9.97 Å². The van der Waals surface area contributed by atoms with Crippen molar-refractivity contribution in [2.75, 3.05) is 24.6 Å². The van der Waals surface area contributed by atoms with Gasteiger partial charge in [-0.05, 0) is 19.8 Å². The van der Waals surface area contributed by atoms with Crippen LogP contribution in [0.5, 0.6) is 0 Å². The van der Waals surface area contributed by atoms with E-state index < -0.39 is 0 Å². The second-order valence-electron chi connectivity index (χ2n) is 7.32. The smallest absolute Gasteiger partial charge is 0.134 e. The molecule has 1 saturated carbocycles. The zero-order chi connectivity index (χ0) is 16.1. The first kappa shape index (κ1) is 14.4. The summed E-state index contributed by atoms with van der Waals surface area (Å²) in [5.41, 5.74) is 4.83. The molecule has 6 heteroatoms. The third-order valence-corrected chi connectivity index (χ3v) is 5.65. The van der Waals surface area contributed by atoms with Gasteiger partial charge >= 0.3 is 0 Å². The van der Waals surface area contributed by atoms with E-state index >= 15 is 0 Å². The first-order valence-corrected chi connectivity index (χ1v) is 9.02. The van der Waals surface area contributed by atoms with E-state index in [0.29, 0.717) is 18.4 Å². The number of ether oxygens (including phenoxy) is 1. The minimum absolute atomic E-state index is 0.481. The van der Waals surface area contributed by atoms with Crippen LogP contribution in [0.15, 0.2) is 6.07 Å². The van der Waals surface area contributed by atoms with Crippen LogP contribution in [0.4, 0.5) is 5.82 Å². The van der Waals surface area contributed by atoms with Gasteiger partial charge in [0, 0.05) is 54.4 Å².